The van der Waals surface area contributed by atoms with E-state index in [1.807, 2.05) is 25.3 Å². The number of rotatable bonds is 7. The molecular formula is C22H22N2O5S. The van der Waals surface area contributed by atoms with Crippen LogP contribution in [0.3, 0.4) is 0 Å². The van der Waals surface area contributed by atoms with Gasteiger partial charge in [0.25, 0.3) is 11.8 Å². The predicted molar refractivity (Wildman–Crippen MR) is 113 cm³/mol. The van der Waals surface area contributed by atoms with E-state index >= 15 is 0 Å². The molecule has 156 valence electrons. The molecule has 2 aromatic carbocycles. The number of imide groups is 1. The van der Waals surface area contributed by atoms with Crippen molar-refractivity contribution in [1.82, 2.24) is 10.2 Å². The van der Waals surface area contributed by atoms with E-state index < -0.39 is 17.9 Å². The number of nitrogens with one attached hydrogen (secondary N) is 1. The normalized spacial score (nSPS) is 16.4. The maximum Gasteiger partial charge on any atom is 0.262 e. The number of thioether (sulfide) groups is 1. The van der Waals surface area contributed by atoms with E-state index in [0.717, 1.165) is 10.5 Å². The smallest absolute Gasteiger partial charge is 0.262 e. The zero-order chi connectivity index (χ0) is 21.3. The Kier molecular flexibility index (Phi) is 5.67. The molecule has 2 aromatic rings. The second-order valence-corrected chi connectivity index (χ2v) is 8.15. The number of nitrogens with zero attached hydrogens (tertiary/aromatic N) is 1. The summed E-state index contributed by atoms with van der Waals surface area (Å²) in [7, 11) is 0. The molecule has 7 nitrogen and oxygen atoms in total. The van der Waals surface area contributed by atoms with Crippen LogP contribution < -0.4 is 14.8 Å². The Morgan fingerprint density at radius 2 is 1.77 bits per heavy atom. The molecule has 0 aromatic heterocycles. The molecule has 2 atom stereocenters. The predicted octanol–water partition coefficient (Wildman–Crippen LogP) is 3.01. The number of amides is 3. The van der Waals surface area contributed by atoms with Crippen LogP contribution in [0.1, 0.15) is 45.7 Å². The number of hydrogen-bond acceptors (Lipinski definition) is 6. The van der Waals surface area contributed by atoms with Crippen molar-refractivity contribution in [1.29, 1.82) is 0 Å². The molecule has 0 radical (unpaired) electrons. The Morgan fingerprint density at radius 3 is 2.43 bits per heavy atom. The van der Waals surface area contributed by atoms with E-state index in [2.05, 4.69) is 5.32 Å². The molecule has 3 amide bonds. The van der Waals surface area contributed by atoms with Crippen LogP contribution in [-0.2, 0) is 4.79 Å². The van der Waals surface area contributed by atoms with Crippen molar-refractivity contribution in [2.24, 2.45) is 0 Å². The van der Waals surface area contributed by atoms with Crippen LogP contribution in [0.2, 0.25) is 0 Å². The number of fused-ring (bicyclic) bond motifs is 2. The largest absolute Gasteiger partial charge is 0.454 e. The van der Waals surface area contributed by atoms with Crippen LogP contribution in [0.4, 0.5) is 0 Å². The number of hydrogen-bond donors (Lipinski definition) is 1. The average Bonchev–Trinajstić information content (AvgIpc) is 3.32. The van der Waals surface area contributed by atoms with Crippen LogP contribution in [0.25, 0.3) is 0 Å². The van der Waals surface area contributed by atoms with Gasteiger partial charge in [-0.25, -0.2) is 0 Å². The summed E-state index contributed by atoms with van der Waals surface area (Å²) in [6, 6.07) is 10.9. The summed E-state index contributed by atoms with van der Waals surface area (Å²) in [5.74, 6) is 0.738. The first kappa shape index (κ1) is 20.3. The molecule has 1 N–H and O–H groups in total. The highest BCUT2D eigenvalue weighted by atomic mass is 32.2. The Morgan fingerprint density at radius 1 is 1.10 bits per heavy atom. The van der Waals surface area contributed by atoms with Crippen LogP contribution in [0, 0.1) is 0 Å². The summed E-state index contributed by atoms with van der Waals surface area (Å²) in [4.78, 5) is 40.0. The highest BCUT2D eigenvalue weighted by molar-refractivity contribution is 7.98. The van der Waals surface area contributed by atoms with Crippen molar-refractivity contribution in [3.63, 3.8) is 0 Å². The van der Waals surface area contributed by atoms with Crippen LogP contribution in [0.5, 0.6) is 11.5 Å². The molecule has 2 aliphatic rings. The number of benzene rings is 2. The van der Waals surface area contributed by atoms with Gasteiger partial charge in [-0.05, 0) is 55.2 Å². The monoisotopic (exact) mass is 426 g/mol. The Balaban J connectivity index is 1.54. The summed E-state index contributed by atoms with van der Waals surface area (Å²) < 4.78 is 10.7. The van der Waals surface area contributed by atoms with Gasteiger partial charge in [0, 0.05) is 0 Å². The SMILES string of the molecule is CSCCC(C(=O)NC(C)c1ccc2c(c1)OCO2)N1C(=O)c2ccccc2C1=O. The van der Waals surface area contributed by atoms with Gasteiger partial charge in [-0.1, -0.05) is 18.2 Å². The number of carbonyl (C=O) groups is 3. The number of carbonyl (C=O) groups excluding carboxylic acids is 3. The molecule has 0 saturated carbocycles. The zero-order valence-electron chi connectivity index (χ0n) is 16.7. The maximum atomic E-state index is 13.2. The molecular weight excluding hydrogens is 404 g/mol. The van der Waals surface area contributed by atoms with E-state index in [1.54, 1.807) is 42.1 Å². The second kappa shape index (κ2) is 8.39. The highest BCUT2D eigenvalue weighted by Crippen LogP contribution is 2.34. The zero-order valence-corrected chi connectivity index (χ0v) is 17.5. The third kappa shape index (κ3) is 3.63. The van der Waals surface area contributed by atoms with Crippen molar-refractivity contribution in [3.8, 4) is 11.5 Å². The van der Waals surface area contributed by atoms with Gasteiger partial charge in [-0.3, -0.25) is 19.3 Å². The molecule has 0 fully saturated rings. The van der Waals surface area contributed by atoms with Crippen molar-refractivity contribution in [3.05, 3.63) is 59.2 Å². The summed E-state index contributed by atoms with van der Waals surface area (Å²) in [5, 5.41) is 2.95. The van der Waals surface area contributed by atoms with Gasteiger partial charge in [0.15, 0.2) is 11.5 Å². The lowest BCUT2D eigenvalue weighted by Crippen LogP contribution is -2.50. The van der Waals surface area contributed by atoms with Gasteiger partial charge >= 0.3 is 0 Å². The Hall–Kier alpha value is -3.00. The van der Waals surface area contributed by atoms with Crippen LogP contribution in [-0.4, -0.2) is 47.5 Å². The first-order valence-corrected chi connectivity index (χ1v) is 11.1. The third-order valence-corrected chi connectivity index (χ3v) is 5.93. The van der Waals surface area contributed by atoms with Gasteiger partial charge < -0.3 is 14.8 Å². The summed E-state index contributed by atoms with van der Waals surface area (Å²) in [6.45, 7) is 2.03. The van der Waals surface area contributed by atoms with Gasteiger partial charge in [-0.2, -0.15) is 11.8 Å². The Labute approximate surface area is 178 Å². The molecule has 30 heavy (non-hydrogen) atoms. The molecule has 2 heterocycles. The summed E-state index contributed by atoms with van der Waals surface area (Å²) in [6.07, 6.45) is 2.30. The van der Waals surface area contributed by atoms with E-state index in [-0.39, 0.29) is 18.7 Å². The minimum Gasteiger partial charge on any atom is -0.454 e. The molecule has 0 saturated heterocycles. The molecule has 2 unspecified atom stereocenters. The fourth-order valence-electron chi connectivity index (χ4n) is 3.67. The van der Waals surface area contributed by atoms with Crippen molar-refractivity contribution < 1.29 is 23.9 Å². The quantitative estimate of drug-likeness (QED) is 0.685. The fraction of sp³-hybridized carbons (Fsp3) is 0.318. The van der Waals surface area contributed by atoms with Crippen LogP contribution >= 0.6 is 11.8 Å². The van der Waals surface area contributed by atoms with Gasteiger partial charge in [-0.15, -0.1) is 0 Å². The average molecular weight is 426 g/mol. The van der Waals surface area contributed by atoms with E-state index in [9.17, 15) is 14.4 Å². The van der Waals surface area contributed by atoms with Gasteiger partial charge in [0.2, 0.25) is 12.7 Å². The lowest BCUT2D eigenvalue weighted by atomic mass is 10.1. The standard InChI is InChI=1S/C22H22N2O5S/c1-13(14-7-8-18-19(11-14)29-12-28-18)23-20(25)17(9-10-30-2)24-21(26)15-5-3-4-6-16(15)22(24)27/h3-8,11,13,17H,9-10,12H2,1-2H3,(H,23,25). The van der Waals surface area contributed by atoms with Crippen molar-refractivity contribution >= 4 is 29.5 Å². The molecule has 0 bridgehead atoms. The lowest BCUT2D eigenvalue weighted by molar-refractivity contribution is -0.125. The minimum absolute atomic E-state index is 0.177. The van der Waals surface area contributed by atoms with E-state index in [4.69, 9.17) is 9.47 Å². The fourth-order valence-corrected chi connectivity index (χ4v) is 4.13. The first-order chi connectivity index (χ1) is 14.5. The molecule has 8 heteroatoms. The molecule has 2 aliphatic heterocycles. The van der Waals surface area contributed by atoms with Gasteiger partial charge in [0.05, 0.1) is 17.2 Å². The van der Waals surface area contributed by atoms with E-state index in [0.29, 0.717) is 34.8 Å². The first-order valence-electron chi connectivity index (χ1n) is 9.67. The Bertz CT molecular complexity index is 974. The molecule has 0 spiro atoms. The maximum absolute atomic E-state index is 13.2. The van der Waals surface area contributed by atoms with Crippen molar-refractivity contribution in [2.45, 2.75) is 25.4 Å². The van der Waals surface area contributed by atoms with Crippen molar-refractivity contribution in [2.75, 3.05) is 18.8 Å². The third-order valence-electron chi connectivity index (χ3n) is 5.29. The molecule has 0 aliphatic carbocycles. The topological polar surface area (TPSA) is 84.9 Å². The lowest BCUT2D eigenvalue weighted by Gasteiger charge is -2.27. The van der Waals surface area contributed by atoms with E-state index in [1.165, 1.54) is 0 Å². The summed E-state index contributed by atoms with van der Waals surface area (Å²) >= 11 is 1.56. The minimum atomic E-state index is -0.874. The summed E-state index contributed by atoms with van der Waals surface area (Å²) in [5.41, 5.74) is 1.53. The van der Waals surface area contributed by atoms with Gasteiger partial charge in [0.1, 0.15) is 6.04 Å². The second-order valence-electron chi connectivity index (χ2n) is 7.17. The molecule has 4 rings (SSSR count). The van der Waals surface area contributed by atoms with Crippen LogP contribution in [0.15, 0.2) is 42.5 Å². The number of ether oxygens (including phenoxy) is 2. The highest BCUT2D eigenvalue weighted by Gasteiger charge is 2.42.